The molecule has 11 heavy (non-hydrogen) atoms. The molecule has 0 heterocycles. The molecule has 1 fully saturated rings. The highest BCUT2D eigenvalue weighted by Gasteiger charge is 2.33. The lowest BCUT2D eigenvalue weighted by atomic mass is 9.91. The van der Waals surface area contributed by atoms with Crippen LogP contribution in [0.4, 0.5) is 0 Å². The third kappa shape index (κ3) is 2.19. The number of hydrogen-bond acceptors (Lipinski definition) is 1. The first-order chi connectivity index (χ1) is 5.18. The maximum Gasteiger partial charge on any atom is 0.0681 e. The summed E-state index contributed by atoms with van der Waals surface area (Å²) >= 11 is 0. The minimum Gasteiger partial charge on any atom is -0.378 e. The number of ether oxygens (including phenoxy) is 1. The molecular weight excluding hydrogens is 136 g/mol. The van der Waals surface area contributed by atoms with E-state index in [9.17, 15) is 0 Å². The summed E-state index contributed by atoms with van der Waals surface area (Å²) in [5.74, 6) is 0.771. The van der Waals surface area contributed by atoms with E-state index >= 15 is 0 Å². The molecule has 1 nitrogen and oxygen atoms in total. The smallest absolute Gasteiger partial charge is 0.0681 e. The number of hydrogen-bond donors (Lipinski definition) is 0. The fraction of sp³-hybridized carbons (Fsp3) is 1.00. The van der Waals surface area contributed by atoms with E-state index in [0.717, 1.165) is 5.92 Å². The second kappa shape index (κ2) is 3.57. The third-order valence-corrected chi connectivity index (χ3v) is 2.73. The Morgan fingerprint density at radius 3 is 2.18 bits per heavy atom. The van der Waals surface area contributed by atoms with Crippen LogP contribution in [0.1, 0.15) is 46.0 Å². The molecule has 0 aromatic rings. The Bertz CT molecular complexity index is 112. The average Bonchev–Trinajstić information content (AvgIpc) is 2.36. The summed E-state index contributed by atoms with van der Waals surface area (Å²) in [6.07, 6.45) is 6.52. The van der Waals surface area contributed by atoms with Gasteiger partial charge in [-0.1, -0.05) is 26.7 Å². The zero-order valence-electron chi connectivity index (χ0n) is 8.02. The summed E-state index contributed by atoms with van der Waals surface area (Å²) < 4.78 is 5.61. The molecule has 0 bridgehead atoms. The van der Waals surface area contributed by atoms with Gasteiger partial charge in [0.25, 0.3) is 0 Å². The van der Waals surface area contributed by atoms with E-state index in [1.54, 1.807) is 0 Å². The van der Waals surface area contributed by atoms with Gasteiger partial charge in [0.05, 0.1) is 5.60 Å². The minimum absolute atomic E-state index is 0.258. The molecule has 1 aliphatic carbocycles. The lowest BCUT2D eigenvalue weighted by Crippen LogP contribution is -2.29. The molecular formula is C10H20O. The summed E-state index contributed by atoms with van der Waals surface area (Å²) in [5.41, 5.74) is 0.258. The van der Waals surface area contributed by atoms with Gasteiger partial charge in [0, 0.05) is 7.11 Å². The zero-order chi connectivity index (χ0) is 8.32. The quantitative estimate of drug-likeness (QED) is 0.610. The first-order valence-electron chi connectivity index (χ1n) is 4.74. The third-order valence-electron chi connectivity index (χ3n) is 2.73. The first kappa shape index (κ1) is 9.05. The summed E-state index contributed by atoms with van der Waals surface area (Å²) in [5, 5.41) is 0. The van der Waals surface area contributed by atoms with E-state index in [1.165, 1.54) is 32.1 Å². The second-order valence-electron chi connectivity index (χ2n) is 4.19. The maximum absolute atomic E-state index is 5.61. The summed E-state index contributed by atoms with van der Waals surface area (Å²) in [4.78, 5) is 0. The van der Waals surface area contributed by atoms with Crippen molar-refractivity contribution >= 4 is 0 Å². The Morgan fingerprint density at radius 2 is 1.82 bits per heavy atom. The molecule has 1 saturated carbocycles. The number of rotatable bonds is 3. The molecule has 0 saturated heterocycles. The Hall–Kier alpha value is -0.0400. The van der Waals surface area contributed by atoms with Crippen molar-refractivity contribution in [3.8, 4) is 0 Å². The van der Waals surface area contributed by atoms with Gasteiger partial charge in [-0.25, -0.2) is 0 Å². The first-order valence-corrected chi connectivity index (χ1v) is 4.74. The zero-order valence-corrected chi connectivity index (χ0v) is 8.02. The van der Waals surface area contributed by atoms with Gasteiger partial charge in [0.1, 0.15) is 0 Å². The van der Waals surface area contributed by atoms with E-state index in [0.29, 0.717) is 0 Å². The van der Waals surface area contributed by atoms with Gasteiger partial charge < -0.3 is 4.74 Å². The van der Waals surface area contributed by atoms with Crippen LogP contribution in [0.25, 0.3) is 0 Å². The highest BCUT2D eigenvalue weighted by Crippen LogP contribution is 2.37. The molecule has 66 valence electrons. The van der Waals surface area contributed by atoms with Crippen molar-refractivity contribution in [1.29, 1.82) is 0 Å². The van der Waals surface area contributed by atoms with Crippen LogP contribution in [0.15, 0.2) is 0 Å². The summed E-state index contributed by atoms with van der Waals surface area (Å²) in [6, 6.07) is 0. The number of methoxy groups -OCH3 is 1. The average molecular weight is 156 g/mol. The van der Waals surface area contributed by atoms with E-state index in [4.69, 9.17) is 4.74 Å². The monoisotopic (exact) mass is 156 g/mol. The Morgan fingerprint density at radius 1 is 1.27 bits per heavy atom. The fourth-order valence-electron chi connectivity index (χ4n) is 2.25. The second-order valence-corrected chi connectivity index (χ2v) is 4.19. The lowest BCUT2D eigenvalue weighted by molar-refractivity contribution is -0.0204. The molecule has 0 amide bonds. The molecule has 0 aliphatic heterocycles. The van der Waals surface area contributed by atoms with Crippen LogP contribution in [0.5, 0.6) is 0 Å². The van der Waals surface area contributed by atoms with Gasteiger partial charge in [-0.3, -0.25) is 0 Å². The highest BCUT2D eigenvalue weighted by molar-refractivity contribution is 4.86. The topological polar surface area (TPSA) is 9.23 Å². The standard InChI is InChI=1S/C10H20O/c1-9(2)8-10(11-3)6-4-5-7-10/h9H,4-8H2,1-3H3. The van der Waals surface area contributed by atoms with E-state index in [2.05, 4.69) is 13.8 Å². The molecule has 0 atom stereocenters. The van der Waals surface area contributed by atoms with Gasteiger partial charge in [0.15, 0.2) is 0 Å². The minimum atomic E-state index is 0.258. The van der Waals surface area contributed by atoms with Gasteiger partial charge in [-0.2, -0.15) is 0 Å². The predicted molar refractivity (Wildman–Crippen MR) is 47.7 cm³/mol. The van der Waals surface area contributed by atoms with Crippen molar-refractivity contribution in [2.45, 2.75) is 51.6 Å². The van der Waals surface area contributed by atoms with Gasteiger partial charge in [0.2, 0.25) is 0 Å². The van der Waals surface area contributed by atoms with Crippen molar-refractivity contribution in [2.75, 3.05) is 7.11 Å². The van der Waals surface area contributed by atoms with Crippen LogP contribution < -0.4 is 0 Å². The molecule has 0 radical (unpaired) electrons. The molecule has 1 rings (SSSR count). The van der Waals surface area contributed by atoms with Crippen molar-refractivity contribution in [2.24, 2.45) is 5.92 Å². The summed E-state index contributed by atoms with van der Waals surface area (Å²) in [7, 11) is 1.87. The van der Waals surface area contributed by atoms with E-state index < -0.39 is 0 Å². The van der Waals surface area contributed by atoms with Crippen LogP contribution in [0, 0.1) is 5.92 Å². The Labute approximate surface area is 70.1 Å². The largest absolute Gasteiger partial charge is 0.378 e. The SMILES string of the molecule is COC1(CC(C)C)CCCC1. The molecule has 1 aliphatic rings. The van der Waals surface area contributed by atoms with Gasteiger partial charge >= 0.3 is 0 Å². The fourth-order valence-corrected chi connectivity index (χ4v) is 2.25. The van der Waals surface area contributed by atoms with Crippen LogP contribution in [0.2, 0.25) is 0 Å². The van der Waals surface area contributed by atoms with Crippen molar-refractivity contribution in [3.63, 3.8) is 0 Å². The molecule has 0 aromatic carbocycles. The molecule has 0 aromatic heterocycles. The Balaban J connectivity index is 2.45. The van der Waals surface area contributed by atoms with Crippen molar-refractivity contribution in [1.82, 2.24) is 0 Å². The molecule has 0 N–H and O–H groups in total. The maximum atomic E-state index is 5.61. The van der Waals surface area contributed by atoms with E-state index in [-0.39, 0.29) is 5.60 Å². The molecule has 0 unspecified atom stereocenters. The lowest BCUT2D eigenvalue weighted by Gasteiger charge is -2.29. The van der Waals surface area contributed by atoms with Gasteiger partial charge in [-0.15, -0.1) is 0 Å². The van der Waals surface area contributed by atoms with Crippen LogP contribution in [-0.4, -0.2) is 12.7 Å². The predicted octanol–water partition coefficient (Wildman–Crippen LogP) is 2.99. The highest BCUT2D eigenvalue weighted by atomic mass is 16.5. The summed E-state index contributed by atoms with van der Waals surface area (Å²) in [6.45, 7) is 4.55. The molecule has 0 spiro atoms. The Kier molecular flexibility index (Phi) is 2.94. The van der Waals surface area contributed by atoms with Crippen molar-refractivity contribution < 1.29 is 4.74 Å². The van der Waals surface area contributed by atoms with Crippen LogP contribution in [0.3, 0.4) is 0 Å². The molecule has 1 heteroatoms. The van der Waals surface area contributed by atoms with E-state index in [1.807, 2.05) is 7.11 Å². The van der Waals surface area contributed by atoms with Crippen LogP contribution in [-0.2, 0) is 4.74 Å². The van der Waals surface area contributed by atoms with Crippen LogP contribution >= 0.6 is 0 Å². The van der Waals surface area contributed by atoms with Gasteiger partial charge in [-0.05, 0) is 25.2 Å². The van der Waals surface area contributed by atoms with Crippen molar-refractivity contribution in [3.05, 3.63) is 0 Å². The normalized spacial score (nSPS) is 22.9.